The minimum Gasteiger partial charge on any atom is -0.494 e. The monoisotopic (exact) mass is 490 g/mol. The summed E-state index contributed by atoms with van der Waals surface area (Å²) in [5, 5.41) is 12.6. The number of aryl methyl sites for hydroxylation is 1. The molecule has 0 aliphatic carbocycles. The summed E-state index contributed by atoms with van der Waals surface area (Å²) in [4.78, 5) is 12.7. The smallest absolute Gasteiger partial charge is 0.266 e. The van der Waals surface area contributed by atoms with E-state index in [-0.39, 0.29) is 5.57 Å². The van der Waals surface area contributed by atoms with Crippen molar-refractivity contribution in [3.05, 3.63) is 87.9 Å². The number of anilines is 1. The van der Waals surface area contributed by atoms with E-state index in [1.165, 1.54) is 6.08 Å². The van der Waals surface area contributed by atoms with E-state index in [0.717, 1.165) is 11.1 Å². The Morgan fingerprint density at radius 3 is 2.31 bits per heavy atom. The quantitative estimate of drug-likeness (QED) is 0.257. The van der Waals surface area contributed by atoms with E-state index in [9.17, 15) is 10.1 Å². The van der Waals surface area contributed by atoms with Crippen LogP contribution >= 0.6 is 11.6 Å². The topological polar surface area (TPSA) is 80.6 Å². The molecule has 6 nitrogen and oxygen atoms in total. The highest BCUT2D eigenvalue weighted by atomic mass is 35.5. The summed E-state index contributed by atoms with van der Waals surface area (Å²) in [5.41, 5.74) is 3.17. The lowest BCUT2D eigenvalue weighted by molar-refractivity contribution is -0.112. The van der Waals surface area contributed by atoms with Crippen molar-refractivity contribution in [1.82, 2.24) is 0 Å². The summed E-state index contributed by atoms with van der Waals surface area (Å²) in [6.45, 7) is 7.04. The third kappa shape index (κ3) is 7.26. The predicted molar refractivity (Wildman–Crippen MR) is 138 cm³/mol. The molecule has 0 radical (unpaired) electrons. The Morgan fingerprint density at radius 1 is 1.00 bits per heavy atom. The lowest BCUT2D eigenvalue weighted by Gasteiger charge is -2.15. The van der Waals surface area contributed by atoms with Gasteiger partial charge in [0.25, 0.3) is 5.91 Å². The fraction of sp³-hybridized carbons (Fsp3) is 0.214. The SMILES string of the molecule is CCOc1ccc(NC(=O)/C(C#N)=C/c2cc(Cl)c(OCc3ccc(C)cc3)c(OCC)c2)cc1. The standard InChI is InChI=1S/C28H27ClN2O4/c1-4-33-24-12-10-23(11-13-24)31-28(32)22(17-30)14-21-15-25(29)27(26(16-21)34-5-2)35-18-20-8-6-19(3)7-9-20/h6-16H,4-5,18H2,1-3H3,(H,31,32)/b22-14+. The Labute approximate surface area is 210 Å². The fourth-order valence-corrected chi connectivity index (χ4v) is 3.50. The molecule has 0 atom stereocenters. The fourth-order valence-electron chi connectivity index (χ4n) is 3.23. The molecular formula is C28H27ClN2O4. The van der Waals surface area contributed by atoms with Crippen molar-refractivity contribution in [3.63, 3.8) is 0 Å². The molecule has 0 aliphatic rings. The van der Waals surface area contributed by atoms with Gasteiger partial charge >= 0.3 is 0 Å². The second-order valence-corrected chi connectivity index (χ2v) is 8.03. The number of benzene rings is 3. The van der Waals surface area contributed by atoms with Crippen molar-refractivity contribution in [2.24, 2.45) is 0 Å². The molecule has 3 rings (SSSR count). The van der Waals surface area contributed by atoms with Crippen LogP contribution < -0.4 is 19.5 Å². The first kappa shape index (κ1) is 25.7. The summed E-state index contributed by atoms with van der Waals surface area (Å²) in [6, 6.07) is 20.2. The Kier molecular flexibility index (Phi) is 9.16. The number of carbonyl (C=O) groups excluding carboxylic acids is 1. The maximum Gasteiger partial charge on any atom is 0.266 e. The van der Waals surface area contributed by atoms with E-state index in [1.54, 1.807) is 36.4 Å². The molecule has 0 heterocycles. The zero-order chi connectivity index (χ0) is 25.2. The van der Waals surface area contributed by atoms with Crippen LogP contribution in [0.2, 0.25) is 5.02 Å². The van der Waals surface area contributed by atoms with Gasteiger partial charge in [-0.3, -0.25) is 4.79 Å². The molecule has 3 aromatic carbocycles. The first-order valence-electron chi connectivity index (χ1n) is 11.2. The van der Waals surface area contributed by atoms with Gasteiger partial charge in [-0.15, -0.1) is 0 Å². The number of hydrogen-bond donors (Lipinski definition) is 1. The van der Waals surface area contributed by atoms with Crippen molar-refractivity contribution >= 4 is 29.3 Å². The molecule has 0 saturated heterocycles. The van der Waals surface area contributed by atoms with Crippen LogP contribution in [0.5, 0.6) is 17.2 Å². The van der Waals surface area contributed by atoms with Crippen molar-refractivity contribution in [1.29, 1.82) is 5.26 Å². The first-order valence-corrected chi connectivity index (χ1v) is 11.6. The Bertz CT molecular complexity index is 1230. The van der Waals surface area contributed by atoms with Gasteiger partial charge in [0.15, 0.2) is 11.5 Å². The van der Waals surface area contributed by atoms with Crippen LogP contribution in [-0.4, -0.2) is 19.1 Å². The van der Waals surface area contributed by atoms with Gasteiger partial charge in [-0.05, 0) is 74.4 Å². The maximum absolute atomic E-state index is 12.7. The maximum atomic E-state index is 12.7. The molecule has 0 fully saturated rings. The summed E-state index contributed by atoms with van der Waals surface area (Å²) in [6.07, 6.45) is 1.46. The van der Waals surface area contributed by atoms with Crippen molar-refractivity contribution < 1.29 is 19.0 Å². The Morgan fingerprint density at radius 2 is 1.69 bits per heavy atom. The third-order valence-corrected chi connectivity index (χ3v) is 5.22. The lowest BCUT2D eigenvalue weighted by Crippen LogP contribution is -2.13. The Hall–Kier alpha value is -3.95. The van der Waals surface area contributed by atoms with Crippen LogP contribution in [0.3, 0.4) is 0 Å². The number of ether oxygens (including phenoxy) is 3. The molecule has 0 aliphatic heterocycles. The molecule has 0 bridgehead atoms. The van der Waals surface area contributed by atoms with Crippen LogP contribution in [0.1, 0.15) is 30.5 Å². The molecule has 180 valence electrons. The number of nitriles is 1. The number of amides is 1. The summed E-state index contributed by atoms with van der Waals surface area (Å²) in [5.74, 6) is 1.00. The molecule has 1 N–H and O–H groups in total. The van der Waals surface area contributed by atoms with E-state index >= 15 is 0 Å². The third-order valence-electron chi connectivity index (χ3n) is 4.93. The van der Waals surface area contributed by atoms with Crippen LogP contribution in [-0.2, 0) is 11.4 Å². The first-order chi connectivity index (χ1) is 16.9. The summed E-state index contributed by atoms with van der Waals surface area (Å²) >= 11 is 6.51. The van der Waals surface area contributed by atoms with E-state index in [4.69, 9.17) is 25.8 Å². The lowest BCUT2D eigenvalue weighted by atomic mass is 10.1. The molecule has 0 aromatic heterocycles. The van der Waals surface area contributed by atoms with Crippen molar-refractivity contribution in [3.8, 4) is 23.3 Å². The van der Waals surface area contributed by atoms with Crippen LogP contribution in [0.15, 0.2) is 66.2 Å². The number of halogens is 1. The van der Waals surface area contributed by atoms with Gasteiger partial charge in [0, 0.05) is 5.69 Å². The number of nitrogens with one attached hydrogen (secondary N) is 1. The highest BCUT2D eigenvalue weighted by molar-refractivity contribution is 6.32. The number of hydrogen-bond acceptors (Lipinski definition) is 5. The van der Waals surface area contributed by atoms with E-state index in [1.807, 2.05) is 51.1 Å². The molecule has 1 amide bonds. The summed E-state index contributed by atoms with van der Waals surface area (Å²) in [7, 11) is 0. The van der Waals surface area contributed by atoms with Gasteiger partial charge in [-0.25, -0.2) is 0 Å². The van der Waals surface area contributed by atoms with Crippen LogP contribution in [0, 0.1) is 18.3 Å². The average Bonchev–Trinajstić information content (AvgIpc) is 2.84. The molecule has 0 unspecified atom stereocenters. The number of nitrogens with zero attached hydrogens (tertiary/aromatic N) is 1. The average molecular weight is 491 g/mol. The molecular weight excluding hydrogens is 464 g/mol. The highest BCUT2D eigenvalue weighted by Gasteiger charge is 2.15. The molecule has 0 spiro atoms. The zero-order valence-corrected chi connectivity index (χ0v) is 20.7. The molecule has 3 aromatic rings. The summed E-state index contributed by atoms with van der Waals surface area (Å²) < 4.78 is 17.1. The minimum absolute atomic E-state index is 0.0780. The van der Waals surface area contributed by atoms with Gasteiger partial charge < -0.3 is 19.5 Å². The number of rotatable bonds is 10. The van der Waals surface area contributed by atoms with Crippen LogP contribution in [0.25, 0.3) is 6.08 Å². The molecule has 35 heavy (non-hydrogen) atoms. The second-order valence-electron chi connectivity index (χ2n) is 7.62. The van der Waals surface area contributed by atoms with Crippen molar-refractivity contribution in [2.75, 3.05) is 18.5 Å². The highest BCUT2D eigenvalue weighted by Crippen LogP contribution is 2.38. The molecule has 7 heteroatoms. The van der Waals surface area contributed by atoms with E-state index < -0.39 is 5.91 Å². The van der Waals surface area contributed by atoms with Gasteiger partial charge in [-0.1, -0.05) is 41.4 Å². The predicted octanol–water partition coefficient (Wildman–Crippen LogP) is 6.57. The van der Waals surface area contributed by atoms with E-state index in [0.29, 0.717) is 53.3 Å². The van der Waals surface area contributed by atoms with E-state index in [2.05, 4.69) is 5.32 Å². The van der Waals surface area contributed by atoms with Gasteiger partial charge in [-0.2, -0.15) is 5.26 Å². The van der Waals surface area contributed by atoms with Gasteiger partial charge in [0.2, 0.25) is 0 Å². The van der Waals surface area contributed by atoms with Gasteiger partial charge in [0.1, 0.15) is 24.0 Å². The molecule has 0 saturated carbocycles. The number of carbonyl (C=O) groups is 1. The van der Waals surface area contributed by atoms with Crippen LogP contribution in [0.4, 0.5) is 5.69 Å². The van der Waals surface area contributed by atoms with Crippen molar-refractivity contribution in [2.45, 2.75) is 27.4 Å². The largest absolute Gasteiger partial charge is 0.494 e. The minimum atomic E-state index is -0.537. The normalized spacial score (nSPS) is 10.9. The second kappa shape index (κ2) is 12.5. The van der Waals surface area contributed by atoms with Gasteiger partial charge in [0.05, 0.1) is 18.2 Å². The zero-order valence-electron chi connectivity index (χ0n) is 19.9. The Balaban J connectivity index is 1.79.